The number of likely N-dealkylation sites (tertiary alicyclic amines) is 1. The van der Waals surface area contributed by atoms with Crippen LogP contribution in [0, 0.1) is 5.41 Å². The molecule has 1 spiro atoms. The van der Waals surface area contributed by atoms with Crippen molar-refractivity contribution in [1.29, 1.82) is 0 Å². The summed E-state index contributed by atoms with van der Waals surface area (Å²) < 4.78 is 20.9. The van der Waals surface area contributed by atoms with E-state index < -0.39 is 11.6 Å². The number of carbonyl (C=O) groups is 2. The number of amides is 2. The van der Waals surface area contributed by atoms with E-state index in [1.807, 2.05) is 59.5 Å². The van der Waals surface area contributed by atoms with Crippen molar-refractivity contribution in [2.45, 2.75) is 51.7 Å². The van der Waals surface area contributed by atoms with Crippen LogP contribution in [0.4, 0.5) is 10.2 Å². The lowest BCUT2D eigenvalue weighted by atomic mass is 9.75. The monoisotopic (exact) mass is 573 g/mol. The SMILES string of the molecule is CC(C)(F)C(=O)N1CCC2(CCCN(c3cnccn3)CCN(Cc3ccccc3)C(=O)c3ccccc3OC2)CC1. The van der Waals surface area contributed by atoms with Crippen molar-refractivity contribution in [3.8, 4) is 5.75 Å². The van der Waals surface area contributed by atoms with Gasteiger partial charge in [0.1, 0.15) is 11.6 Å². The van der Waals surface area contributed by atoms with Gasteiger partial charge in [0.15, 0.2) is 5.67 Å². The summed E-state index contributed by atoms with van der Waals surface area (Å²) >= 11 is 0. The Kier molecular flexibility index (Phi) is 9.04. The second-order valence-electron chi connectivity index (χ2n) is 11.9. The number of fused-ring (bicyclic) bond motifs is 1. The highest BCUT2D eigenvalue weighted by atomic mass is 19.1. The van der Waals surface area contributed by atoms with E-state index in [2.05, 4.69) is 14.9 Å². The molecule has 1 fully saturated rings. The van der Waals surface area contributed by atoms with Crippen LogP contribution in [0.3, 0.4) is 0 Å². The molecule has 0 unspecified atom stereocenters. The van der Waals surface area contributed by atoms with Gasteiger partial charge in [0.25, 0.3) is 11.8 Å². The first kappa shape index (κ1) is 29.5. The molecule has 3 heterocycles. The standard InChI is InChI=1S/C33H40FN5O3/c1-32(2,34)31(41)38-19-14-33(15-20-38)13-8-18-37(29-23-35-16-17-36-29)21-22-39(24-26-9-4-3-5-10-26)30(40)27-11-6-7-12-28(27)42-25-33/h3-7,9-12,16-17,23H,8,13-15,18-22,24-25H2,1-2H3. The summed E-state index contributed by atoms with van der Waals surface area (Å²) in [5.74, 6) is 0.780. The van der Waals surface area contributed by atoms with Crippen LogP contribution in [-0.2, 0) is 11.3 Å². The fraction of sp³-hybridized carbons (Fsp3) is 0.455. The van der Waals surface area contributed by atoms with Gasteiger partial charge in [-0.15, -0.1) is 0 Å². The van der Waals surface area contributed by atoms with Gasteiger partial charge in [-0.3, -0.25) is 14.6 Å². The summed E-state index contributed by atoms with van der Waals surface area (Å²) in [5, 5.41) is 0. The number of hydrogen-bond acceptors (Lipinski definition) is 6. The molecule has 2 aliphatic rings. The lowest BCUT2D eigenvalue weighted by molar-refractivity contribution is -0.144. The van der Waals surface area contributed by atoms with Crippen LogP contribution < -0.4 is 9.64 Å². The number of rotatable bonds is 4. The minimum Gasteiger partial charge on any atom is -0.492 e. The Morgan fingerprint density at radius 1 is 0.952 bits per heavy atom. The normalized spacial score (nSPS) is 18.4. The van der Waals surface area contributed by atoms with E-state index in [-0.39, 0.29) is 11.3 Å². The molecule has 9 heteroatoms. The molecule has 5 rings (SSSR count). The fourth-order valence-electron chi connectivity index (χ4n) is 5.94. The van der Waals surface area contributed by atoms with Crippen LogP contribution in [0.15, 0.2) is 73.2 Å². The molecule has 0 N–H and O–H groups in total. The van der Waals surface area contributed by atoms with Crippen molar-refractivity contribution < 1.29 is 18.7 Å². The van der Waals surface area contributed by atoms with E-state index in [4.69, 9.17) is 4.74 Å². The number of carbonyl (C=O) groups excluding carboxylic acids is 2. The number of hydrogen-bond donors (Lipinski definition) is 0. The first-order valence-corrected chi connectivity index (χ1v) is 14.8. The van der Waals surface area contributed by atoms with Crippen LogP contribution in [-0.4, -0.2) is 76.6 Å². The second kappa shape index (κ2) is 12.9. The Morgan fingerprint density at radius 2 is 1.69 bits per heavy atom. The maximum atomic E-state index is 14.4. The molecule has 3 aromatic rings. The number of nitrogens with zero attached hydrogens (tertiary/aromatic N) is 5. The second-order valence-corrected chi connectivity index (χ2v) is 11.9. The molecule has 1 saturated heterocycles. The van der Waals surface area contributed by atoms with Crippen molar-refractivity contribution in [2.75, 3.05) is 44.2 Å². The van der Waals surface area contributed by atoms with E-state index in [1.54, 1.807) is 23.5 Å². The predicted octanol–water partition coefficient (Wildman–Crippen LogP) is 5.16. The largest absolute Gasteiger partial charge is 0.492 e. The van der Waals surface area contributed by atoms with Crippen molar-refractivity contribution >= 4 is 17.6 Å². The van der Waals surface area contributed by atoms with Gasteiger partial charge in [-0.05, 0) is 57.2 Å². The van der Waals surface area contributed by atoms with Crippen molar-refractivity contribution in [3.63, 3.8) is 0 Å². The minimum absolute atomic E-state index is 0.0903. The number of piperidine rings is 1. The Labute approximate surface area is 247 Å². The molecule has 2 aliphatic heterocycles. The lowest BCUT2D eigenvalue weighted by Crippen LogP contribution is -2.50. The molecule has 2 amide bonds. The molecule has 0 aliphatic carbocycles. The zero-order chi connectivity index (χ0) is 29.6. The number of benzene rings is 2. The van der Waals surface area contributed by atoms with Crippen LogP contribution in [0.1, 0.15) is 55.5 Å². The first-order valence-electron chi connectivity index (χ1n) is 14.8. The van der Waals surface area contributed by atoms with Crippen LogP contribution >= 0.6 is 0 Å². The third-order valence-electron chi connectivity index (χ3n) is 8.42. The van der Waals surface area contributed by atoms with E-state index in [0.717, 1.165) is 30.8 Å². The molecular formula is C33H40FN5O3. The quantitative estimate of drug-likeness (QED) is 0.429. The van der Waals surface area contributed by atoms with Crippen molar-refractivity contribution in [3.05, 3.63) is 84.3 Å². The molecule has 0 bridgehead atoms. The minimum atomic E-state index is -1.89. The molecule has 0 radical (unpaired) electrons. The molecule has 42 heavy (non-hydrogen) atoms. The zero-order valence-electron chi connectivity index (χ0n) is 24.5. The number of anilines is 1. The van der Waals surface area contributed by atoms with Gasteiger partial charge in [-0.25, -0.2) is 9.37 Å². The number of halogens is 1. The smallest absolute Gasteiger partial charge is 0.259 e. The third-order valence-corrected chi connectivity index (χ3v) is 8.42. The summed E-state index contributed by atoms with van der Waals surface area (Å²) in [6, 6.07) is 17.4. The highest BCUT2D eigenvalue weighted by Crippen LogP contribution is 2.38. The van der Waals surface area contributed by atoms with Gasteiger partial charge < -0.3 is 19.4 Å². The Balaban J connectivity index is 1.44. The summed E-state index contributed by atoms with van der Waals surface area (Å²) in [6.07, 6.45) is 8.26. The topological polar surface area (TPSA) is 78.9 Å². The molecule has 0 saturated carbocycles. The van der Waals surface area contributed by atoms with Crippen LogP contribution in [0.5, 0.6) is 5.75 Å². The van der Waals surface area contributed by atoms with Crippen molar-refractivity contribution in [1.82, 2.24) is 19.8 Å². The molecule has 2 aromatic carbocycles. The fourth-order valence-corrected chi connectivity index (χ4v) is 5.94. The molecule has 1 aromatic heterocycles. The Bertz CT molecular complexity index is 1340. The van der Waals surface area contributed by atoms with E-state index in [1.165, 1.54) is 13.8 Å². The highest BCUT2D eigenvalue weighted by Gasteiger charge is 2.40. The maximum Gasteiger partial charge on any atom is 0.259 e. The lowest BCUT2D eigenvalue weighted by Gasteiger charge is -2.43. The Hall–Kier alpha value is -4.01. The number of ether oxygens (including phenoxy) is 1. The van der Waals surface area contributed by atoms with Gasteiger partial charge in [0.2, 0.25) is 0 Å². The van der Waals surface area contributed by atoms with Gasteiger partial charge >= 0.3 is 0 Å². The molecule has 0 atom stereocenters. The Morgan fingerprint density at radius 3 is 2.40 bits per heavy atom. The summed E-state index contributed by atoms with van der Waals surface area (Å²) in [7, 11) is 0. The third kappa shape index (κ3) is 7.06. The van der Waals surface area contributed by atoms with E-state index in [0.29, 0.717) is 63.5 Å². The number of alkyl halides is 1. The van der Waals surface area contributed by atoms with E-state index >= 15 is 0 Å². The molecule has 8 nitrogen and oxygen atoms in total. The predicted molar refractivity (Wildman–Crippen MR) is 160 cm³/mol. The van der Waals surface area contributed by atoms with Gasteiger partial charge in [0.05, 0.1) is 18.4 Å². The van der Waals surface area contributed by atoms with E-state index in [9.17, 15) is 14.0 Å². The molecule has 222 valence electrons. The first-order chi connectivity index (χ1) is 20.2. The van der Waals surface area contributed by atoms with Crippen LogP contribution in [0.2, 0.25) is 0 Å². The molecular weight excluding hydrogens is 533 g/mol. The van der Waals surface area contributed by atoms with Gasteiger partial charge in [-0.2, -0.15) is 0 Å². The summed E-state index contributed by atoms with van der Waals surface area (Å²) in [6.45, 7) is 6.32. The van der Waals surface area contributed by atoms with Crippen molar-refractivity contribution in [2.24, 2.45) is 5.41 Å². The zero-order valence-corrected chi connectivity index (χ0v) is 24.5. The summed E-state index contributed by atoms with van der Waals surface area (Å²) in [4.78, 5) is 41.3. The maximum absolute atomic E-state index is 14.4. The van der Waals surface area contributed by atoms with Gasteiger partial charge in [-0.1, -0.05) is 42.5 Å². The van der Waals surface area contributed by atoms with Gasteiger partial charge in [0, 0.05) is 57.1 Å². The average molecular weight is 574 g/mol. The number of para-hydroxylation sites is 1. The summed E-state index contributed by atoms with van der Waals surface area (Å²) in [5.41, 5.74) is -0.523. The number of aromatic nitrogens is 2. The highest BCUT2D eigenvalue weighted by molar-refractivity contribution is 5.97. The van der Waals surface area contributed by atoms with Crippen LogP contribution in [0.25, 0.3) is 0 Å². The average Bonchev–Trinajstić information content (AvgIpc) is 3.02.